The summed E-state index contributed by atoms with van der Waals surface area (Å²) >= 11 is 0. The summed E-state index contributed by atoms with van der Waals surface area (Å²) < 4.78 is 80.9. The molecule has 198 valence electrons. The van der Waals surface area contributed by atoms with Crippen LogP contribution in [-0.2, 0) is 38.7 Å². The number of carbonyl (C=O) groups excluding carboxylic acids is 2. The Morgan fingerprint density at radius 2 is 1.89 bits per heavy atom. The van der Waals surface area contributed by atoms with Crippen LogP contribution in [-0.4, -0.2) is 60.9 Å². The molecule has 1 saturated heterocycles. The Morgan fingerprint density at radius 1 is 1.17 bits per heavy atom. The fourth-order valence-electron chi connectivity index (χ4n) is 7.51. The molecule has 6 unspecified atom stereocenters. The van der Waals surface area contributed by atoms with E-state index in [2.05, 4.69) is 0 Å². The number of halogens is 2. The maximum Gasteiger partial charge on any atom is 0.402 e. The van der Waals surface area contributed by atoms with Gasteiger partial charge in [0.1, 0.15) is 5.60 Å². The molecule has 1 heterocycles. The van der Waals surface area contributed by atoms with Gasteiger partial charge in [-0.05, 0) is 63.7 Å². The van der Waals surface area contributed by atoms with Crippen LogP contribution in [0.3, 0.4) is 0 Å². The molecule has 12 heteroatoms. The highest BCUT2D eigenvalue weighted by Gasteiger charge is 2.76. The topological polar surface area (TPSA) is 125 Å². The minimum absolute atomic E-state index is 0.0321. The summed E-state index contributed by atoms with van der Waals surface area (Å²) in [6, 6.07) is 0. The lowest BCUT2D eigenvalue weighted by molar-refractivity contribution is -0.237. The van der Waals surface area contributed by atoms with E-state index in [-0.39, 0.29) is 30.8 Å². The molecule has 6 rings (SSSR count). The van der Waals surface area contributed by atoms with Gasteiger partial charge in [0.15, 0.2) is 12.4 Å². The highest BCUT2D eigenvalue weighted by molar-refractivity contribution is 7.86. The average molecular weight is 523 g/mol. The normalized spacial score (nSPS) is 39.4. The second kappa shape index (κ2) is 8.32. The lowest BCUT2D eigenvalue weighted by atomic mass is 9.75. The van der Waals surface area contributed by atoms with E-state index in [0.29, 0.717) is 19.3 Å². The SMILES string of the molecule is CCC1(OC(=O)CC2COC3(O2)C2CC4CC3C(C(=O)OCC(F)(F)S(=O)(=O)O)(C4)C2)CCCC1. The fourth-order valence-corrected chi connectivity index (χ4v) is 7.72. The van der Waals surface area contributed by atoms with Crippen LogP contribution in [0.2, 0.25) is 0 Å². The first-order valence-corrected chi connectivity index (χ1v) is 13.8. The van der Waals surface area contributed by atoms with Gasteiger partial charge >= 0.3 is 27.3 Å². The zero-order valence-corrected chi connectivity index (χ0v) is 20.5. The van der Waals surface area contributed by atoms with Gasteiger partial charge in [-0.25, -0.2) is 0 Å². The molecule has 0 aromatic carbocycles. The van der Waals surface area contributed by atoms with E-state index >= 15 is 0 Å². The number of hydrogen-bond donors (Lipinski definition) is 1. The van der Waals surface area contributed by atoms with E-state index in [0.717, 1.165) is 38.5 Å². The van der Waals surface area contributed by atoms with Crippen molar-refractivity contribution in [1.82, 2.24) is 0 Å². The van der Waals surface area contributed by atoms with Gasteiger partial charge in [-0.15, -0.1) is 0 Å². The minimum atomic E-state index is -5.71. The predicted molar refractivity (Wildman–Crippen MR) is 115 cm³/mol. The van der Waals surface area contributed by atoms with Crippen molar-refractivity contribution < 1.29 is 50.3 Å². The Bertz CT molecular complexity index is 995. The second-order valence-corrected chi connectivity index (χ2v) is 12.6. The Hall–Kier alpha value is -1.37. The highest BCUT2D eigenvalue weighted by atomic mass is 32.2. The van der Waals surface area contributed by atoms with Gasteiger partial charge in [0.25, 0.3) is 0 Å². The summed E-state index contributed by atoms with van der Waals surface area (Å²) in [5.74, 6) is -2.78. The van der Waals surface area contributed by atoms with Crippen LogP contribution in [0.15, 0.2) is 0 Å². The molecule has 6 fully saturated rings. The Morgan fingerprint density at radius 3 is 2.54 bits per heavy atom. The summed E-state index contributed by atoms with van der Waals surface area (Å²) in [5.41, 5.74) is -1.52. The molecule has 35 heavy (non-hydrogen) atoms. The van der Waals surface area contributed by atoms with Crippen molar-refractivity contribution in [3.63, 3.8) is 0 Å². The summed E-state index contributed by atoms with van der Waals surface area (Å²) in [6.07, 6.45) is 6.13. The maximum absolute atomic E-state index is 13.7. The van der Waals surface area contributed by atoms with E-state index in [9.17, 15) is 26.8 Å². The smallest absolute Gasteiger partial charge is 0.402 e. The third kappa shape index (κ3) is 3.99. The summed E-state index contributed by atoms with van der Waals surface area (Å²) in [5, 5.41) is -4.59. The van der Waals surface area contributed by atoms with Crippen molar-refractivity contribution in [2.45, 2.75) is 93.9 Å². The van der Waals surface area contributed by atoms with E-state index in [4.69, 9.17) is 23.5 Å². The van der Waals surface area contributed by atoms with Gasteiger partial charge in [0, 0.05) is 11.8 Å². The molecule has 0 amide bonds. The summed E-state index contributed by atoms with van der Waals surface area (Å²) in [6.45, 7) is 0.424. The molecular formula is C23H32F2O9S. The number of rotatable bonds is 8. The molecule has 1 spiro atoms. The van der Waals surface area contributed by atoms with Crippen LogP contribution >= 0.6 is 0 Å². The van der Waals surface area contributed by atoms with E-state index in [1.165, 1.54) is 0 Å². The average Bonchev–Trinajstić information content (AvgIpc) is 3.51. The zero-order valence-electron chi connectivity index (χ0n) is 19.7. The molecule has 6 aliphatic rings. The predicted octanol–water partition coefficient (Wildman–Crippen LogP) is 3.21. The Balaban J connectivity index is 1.26. The number of ether oxygens (including phenoxy) is 4. The summed E-state index contributed by atoms with van der Waals surface area (Å²) in [7, 11) is -5.71. The molecule has 1 N–H and O–H groups in total. The Labute approximate surface area is 202 Å². The molecule has 9 nitrogen and oxygen atoms in total. The number of alkyl halides is 2. The molecular weight excluding hydrogens is 490 g/mol. The van der Waals surface area contributed by atoms with Crippen LogP contribution in [0.1, 0.15) is 71.1 Å². The molecule has 5 saturated carbocycles. The monoisotopic (exact) mass is 522 g/mol. The van der Waals surface area contributed by atoms with Crippen molar-refractivity contribution in [3.8, 4) is 0 Å². The number of esters is 2. The van der Waals surface area contributed by atoms with Gasteiger partial charge in [-0.3, -0.25) is 14.1 Å². The third-order valence-corrected chi connectivity index (χ3v) is 9.93. The largest absolute Gasteiger partial charge is 0.459 e. The molecule has 0 radical (unpaired) electrons. The van der Waals surface area contributed by atoms with Gasteiger partial charge in [0.05, 0.1) is 24.5 Å². The first-order chi connectivity index (χ1) is 16.3. The van der Waals surface area contributed by atoms with Crippen LogP contribution in [0, 0.1) is 23.2 Å². The van der Waals surface area contributed by atoms with Crippen molar-refractivity contribution in [3.05, 3.63) is 0 Å². The first-order valence-electron chi connectivity index (χ1n) is 12.4. The molecule has 1 aliphatic heterocycles. The standard InChI is InChI=1S/C23H32F2O9S/c1-2-20(5-3-4-6-20)34-18(26)9-16-12-32-23(33-16)15-7-14-8-17(23)21(10-14,11-15)19(27)31-13-22(24,25)35(28,29)30/h14-17H,2-13H2,1H3,(H,28,29,30). The van der Waals surface area contributed by atoms with Crippen molar-refractivity contribution in [1.29, 1.82) is 0 Å². The third-order valence-electron chi connectivity index (χ3n) is 9.06. The van der Waals surface area contributed by atoms with E-state index < -0.39 is 56.8 Å². The second-order valence-electron chi connectivity index (χ2n) is 11.0. The van der Waals surface area contributed by atoms with Gasteiger partial charge in [0.2, 0.25) is 0 Å². The highest BCUT2D eigenvalue weighted by Crippen LogP contribution is 2.72. The lowest BCUT2D eigenvalue weighted by Crippen LogP contribution is -2.47. The van der Waals surface area contributed by atoms with Crippen molar-refractivity contribution in [2.75, 3.05) is 13.2 Å². The van der Waals surface area contributed by atoms with Gasteiger partial charge < -0.3 is 18.9 Å². The first kappa shape index (κ1) is 25.3. The number of carbonyl (C=O) groups is 2. The molecule has 6 atom stereocenters. The van der Waals surface area contributed by atoms with Crippen LogP contribution < -0.4 is 0 Å². The van der Waals surface area contributed by atoms with Crippen LogP contribution in [0.4, 0.5) is 8.78 Å². The molecule has 0 aromatic heterocycles. The van der Waals surface area contributed by atoms with E-state index in [1.807, 2.05) is 6.92 Å². The molecule has 4 bridgehead atoms. The summed E-state index contributed by atoms with van der Waals surface area (Å²) in [4.78, 5) is 25.7. The quantitative estimate of drug-likeness (QED) is 0.378. The van der Waals surface area contributed by atoms with Crippen molar-refractivity contribution in [2.24, 2.45) is 23.2 Å². The lowest BCUT2D eigenvalue weighted by Gasteiger charge is -2.39. The zero-order chi connectivity index (χ0) is 25.3. The van der Waals surface area contributed by atoms with Crippen molar-refractivity contribution >= 4 is 22.1 Å². The maximum atomic E-state index is 13.7. The molecule has 0 aromatic rings. The molecule has 5 aliphatic carbocycles. The number of hydrogen-bond acceptors (Lipinski definition) is 8. The van der Waals surface area contributed by atoms with Crippen LogP contribution in [0.25, 0.3) is 0 Å². The fraction of sp³-hybridized carbons (Fsp3) is 0.913. The minimum Gasteiger partial charge on any atom is -0.459 e. The Kier molecular flexibility index (Phi) is 6.01. The van der Waals surface area contributed by atoms with Gasteiger partial charge in [-0.1, -0.05) is 6.92 Å². The van der Waals surface area contributed by atoms with E-state index in [1.54, 1.807) is 0 Å². The van der Waals surface area contributed by atoms with Crippen LogP contribution in [0.5, 0.6) is 0 Å². The van der Waals surface area contributed by atoms with Gasteiger partial charge in [-0.2, -0.15) is 17.2 Å².